The smallest absolute Gasteiger partial charge is 0.291 e. The molecule has 4 heterocycles. The first-order valence-corrected chi connectivity index (χ1v) is 15.1. The molecule has 1 aliphatic rings. The van der Waals surface area contributed by atoms with Crippen LogP contribution in [0.3, 0.4) is 0 Å². The third-order valence-electron chi connectivity index (χ3n) is 7.65. The zero-order chi connectivity index (χ0) is 31.9. The number of halogens is 1. The molecular formula is C32H37ClN8O4. The van der Waals surface area contributed by atoms with Crippen molar-refractivity contribution < 1.29 is 19.4 Å². The second-order valence-corrected chi connectivity index (χ2v) is 11.2. The number of rotatable bonds is 13. The van der Waals surface area contributed by atoms with Gasteiger partial charge in [0.25, 0.3) is 5.91 Å². The number of anilines is 1. The second kappa shape index (κ2) is 14.6. The Morgan fingerprint density at radius 3 is 2.76 bits per heavy atom. The standard InChI is InChI=1S/C32H37ClN8O4/c1-19-23(5-4-6-25(19)39-31(44)30-38-22(18-41(30)2)17-34-13-14-42)29-28(33)24(11-12-36-29)26-9-7-20(32(40-26)45-3)15-35-16-21-8-10-27(43)37-21/h4-7,9,11-12,18,21,34-35,42H,8,10,13-17H2,1-3H3,(H,37,43)(H,39,44)/t21-/m0/s1. The highest BCUT2D eigenvalue weighted by Gasteiger charge is 2.21. The van der Waals surface area contributed by atoms with Crippen molar-refractivity contribution in [3.8, 4) is 28.4 Å². The van der Waals surface area contributed by atoms with Crippen molar-refractivity contribution >= 4 is 29.1 Å². The average Bonchev–Trinajstić information content (AvgIpc) is 3.63. The molecular weight excluding hydrogens is 596 g/mol. The number of hydrogen-bond donors (Lipinski definition) is 5. The summed E-state index contributed by atoms with van der Waals surface area (Å²) >= 11 is 6.97. The number of aryl methyl sites for hydroxylation is 1. The third-order valence-corrected chi connectivity index (χ3v) is 8.03. The van der Waals surface area contributed by atoms with E-state index in [-0.39, 0.29) is 30.3 Å². The Labute approximate surface area is 266 Å². The number of carbonyl (C=O) groups is 2. The van der Waals surface area contributed by atoms with Crippen LogP contribution in [0.25, 0.3) is 22.5 Å². The van der Waals surface area contributed by atoms with Gasteiger partial charge in [-0.05, 0) is 37.1 Å². The monoisotopic (exact) mass is 632 g/mol. The molecule has 1 atom stereocenters. The lowest BCUT2D eigenvalue weighted by Gasteiger charge is -2.16. The van der Waals surface area contributed by atoms with Gasteiger partial charge in [0.15, 0.2) is 5.82 Å². The number of aliphatic hydroxyl groups is 1. The lowest BCUT2D eigenvalue weighted by molar-refractivity contribution is -0.119. The normalized spacial score (nSPS) is 14.4. The van der Waals surface area contributed by atoms with Crippen molar-refractivity contribution in [2.75, 3.05) is 32.1 Å². The summed E-state index contributed by atoms with van der Waals surface area (Å²) in [5, 5.41) is 21.8. The van der Waals surface area contributed by atoms with Gasteiger partial charge in [-0.2, -0.15) is 0 Å². The molecule has 1 fully saturated rings. The lowest BCUT2D eigenvalue weighted by atomic mass is 10.0. The van der Waals surface area contributed by atoms with Crippen LogP contribution in [0.1, 0.15) is 40.3 Å². The van der Waals surface area contributed by atoms with E-state index in [1.54, 1.807) is 31.1 Å². The summed E-state index contributed by atoms with van der Waals surface area (Å²) in [4.78, 5) is 38.4. The van der Waals surface area contributed by atoms with E-state index < -0.39 is 0 Å². The fourth-order valence-corrected chi connectivity index (χ4v) is 5.61. The molecule has 13 heteroatoms. The maximum atomic E-state index is 13.2. The Morgan fingerprint density at radius 2 is 2.00 bits per heavy atom. The van der Waals surface area contributed by atoms with Gasteiger partial charge in [-0.1, -0.05) is 29.8 Å². The van der Waals surface area contributed by atoms with Crippen LogP contribution in [0.5, 0.6) is 5.88 Å². The van der Waals surface area contributed by atoms with Crippen molar-refractivity contribution in [2.24, 2.45) is 7.05 Å². The molecule has 236 valence electrons. The number of pyridine rings is 2. The van der Waals surface area contributed by atoms with E-state index in [2.05, 4.69) is 31.2 Å². The highest BCUT2D eigenvalue weighted by molar-refractivity contribution is 6.35. The van der Waals surface area contributed by atoms with Crippen LogP contribution >= 0.6 is 11.6 Å². The van der Waals surface area contributed by atoms with E-state index in [0.29, 0.717) is 71.8 Å². The van der Waals surface area contributed by atoms with Gasteiger partial charge in [-0.15, -0.1) is 0 Å². The minimum atomic E-state index is -0.349. The van der Waals surface area contributed by atoms with Gasteiger partial charge in [0.1, 0.15) is 0 Å². The number of nitrogens with one attached hydrogen (secondary N) is 4. The van der Waals surface area contributed by atoms with Gasteiger partial charge >= 0.3 is 0 Å². The van der Waals surface area contributed by atoms with Gasteiger partial charge in [0, 0.05) is 80.5 Å². The molecule has 2 amide bonds. The average molecular weight is 633 g/mol. The molecule has 45 heavy (non-hydrogen) atoms. The van der Waals surface area contributed by atoms with E-state index in [0.717, 1.165) is 23.1 Å². The first-order valence-electron chi connectivity index (χ1n) is 14.7. The Balaban J connectivity index is 1.34. The predicted octanol–water partition coefficient (Wildman–Crippen LogP) is 3.22. The molecule has 0 aliphatic carbocycles. The molecule has 5 N–H and O–H groups in total. The van der Waals surface area contributed by atoms with E-state index in [1.807, 2.05) is 43.3 Å². The number of amides is 2. The Morgan fingerprint density at radius 1 is 1.16 bits per heavy atom. The highest BCUT2D eigenvalue weighted by Crippen LogP contribution is 2.38. The van der Waals surface area contributed by atoms with Crippen molar-refractivity contribution in [1.82, 2.24) is 35.5 Å². The Hall–Kier alpha value is -4.36. The van der Waals surface area contributed by atoms with Crippen molar-refractivity contribution in [2.45, 2.75) is 38.9 Å². The summed E-state index contributed by atoms with van der Waals surface area (Å²) in [7, 11) is 3.34. The number of hydrogen-bond acceptors (Lipinski definition) is 9. The summed E-state index contributed by atoms with van der Waals surface area (Å²) in [6.07, 6.45) is 4.85. The number of carbonyl (C=O) groups excluding carboxylic acids is 2. The zero-order valence-corrected chi connectivity index (χ0v) is 26.2. The first kappa shape index (κ1) is 32.0. The topological polar surface area (TPSA) is 155 Å². The van der Waals surface area contributed by atoms with Crippen LogP contribution in [0.15, 0.2) is 48.8 Å². The lowest BCUT2D eigenvalue weighted by Crippen LogP contribution is -2.35. The third kappa shape index (κ3) is 7.48. The number of benzene rings is 1. The van der Waals surface area contributed by atoms with Gasteiger partial charge in [-0.3, -0.25) is 14.6 Å². The number of aromatic nitrogens is 4. The second-order valence-electron chi connectivity index (χ2n) is 10.8. The maximum Gasteiger partial charge on any atom is 0.291 e. The van der Waals surface area contributed by atoms with Crippen LogP contribution in [-0.2, 0) is 24.9 Å². The molecule has 1 aromatic carbocycles. The van der Waals surface area contributed by atoms with E-state index >= 15 is 0 Å². The van der Waals surface area contributed by atoms with Gasteiger partial charge in [0.05, 0.1) is 35.8 Å². The first-order chi connectivity index (χ1) is 21.8. The maximum absolute atomic E-state index is 13.2. The Bertz CT molecular complexity index is 1690. The van der Waals surface area contributed by atoms with Gasteiger partial charge in [0.2, 0.25) is 11.8 Å². The molecule has 0 bridgehead atoms. The number of methoxy groups -OCH3 is 1. The van der Waals surface area contributed by atoms with Crippen LogP contribution in [0.4, 0.5) is 5.69 Å². The summed E-state index contributed by atoms with van der Waals surface area (Å²) < 4.78 is 7.27. The fourth-order valence-electron chi connectivity index (χ4n) is 5.30. The van der Waals surface area contributed by atoms with E-state index in [4.69, 9.17) is 26.4 Å². The molecule has 0 spiro atoms. The molecule has 5 rings (SSSR count). The van der Waals surface area contributed by atoms with Crippen molar-refractivity contribution in [1.29, 1.82) is 0 Å². The van der Waals surface area contributed by atoms with Crippen LogP contribution in [0, 0.1) is 6.92 Å². The summed E-state index contributed by atoms with van der Waals surface area (Å²) in [6.45, 7) is 4.02. The van der Waals surface area contributed by atoms with Crippen molar-refractivity contribution in [3.63, 3.8) is 0 Å². The highest BCUT2D eigenvalue weighted by atomic mass is 35.5. The summed E-state index contributed by atoms with van der Waals surface area (Å²) in [5.41, 5.74) is 5.63. The van der Waals surface area contributed by atoms with E-state index in [1.165, 1.54) is 0 Å². The molecule has 0 unspecified atom stereocenters. The number of aliphatic hydroxyl groups excluding tert-OH is 1. The quantitative estimate of drug-likeness (QED) is 0.140. The fraction of sp³-hybridized carbons (Fsp3) is 0.344. The Kier molecular flexibility index (Phi) is 10.4. The van der Waals surface area contributed by atoms with E-state index in [9.17, 15) is 9.59 Å². The molecule has 1 aliphatic heterocycles. The van der Waals surface area contributed by atoms with Crippen LogP contribution < -0.4 is 26.0 Å². The predicted molar refractivity (Wildman–Crippen MR) is 172 cm³/mol. The van der Waals surface area contributed by atoms with Crippen LogP contribution in [-0.4, -0.2) is 69.3 Å². The molecule has 1 saturated heterocycles. The van der Waals surface area contributed by atoms with Crippen LogP contribution in [0.2, 0.25) is 5.02 Å². The molecule has 12 nitrogen and oxygen atoms in total. The molecule has 4 aromatic rings. The summed E-state index contributed by atoms with van der Waals surface area (Å²) in [5.74, 6) is 0.487. The molecule has 3 aromatic heterocycles. The SMILES string of the molecule is COc1nc(-c2ccnc(-c3cccc(NC(=O)c4nc(CNCCO)cn4C)c3C)c2Cl)ccc1CNC[C@@H]1CCC(=O)N1. The molecule has 0 saturated carbocycles. The minimum absolute atomic E-state index is 0.0242. The molecule has 0 radical (unpaired) electrons. The number of imidazole rings is 1. The number of nitrogens with zero attached hydrogens (tertiary/aromatic N) is 4. The number of ether oxygens (including phenoxy) is 1. The largest absolute Gasteiger partial charge is 0.481 e. The summed E-state index contributed by atoms with van der Waals surface area (Å²) in [6, 6.07) is 11.4. The zero-order valence-electron chi connectivity index (χ0n) is 25.5. The minimum Gasteiger partial charge on any atom is -0.481 e. The van der Waals surface area contributed by atoms with Crippen molar-refractivity contribution in [3.05, 3.63) is 76.5 Å². The van der Waals surface area contributed by atoms with Gasteiger partial charge in [-0.25, -0.2) is 9.97 Å². The van der Waals surface area contributed by atoms with Gasteiger partial charge < -0.3 is 35.7 Å².